The number of rotatable bonds is 7. The highest BCUT2D eigenvalue weighted by molar-refractivity contribution is 6.08. The fraction of sp³-hybridized carbons (Fsp3) is 0.444. The molecule has 1 saturated carbocycles. The molecule has 1 aromatic heterocycles. The van der Waals surface area contributed by atoms with Crippen LogP contribution in [0.3, 0.4) is 0 Å². The summed E-state index contributed by atoms with van der Waals surface area (Å²) in [6.07, 6.45) is 7.01. The minimum Gasteiger partial charge on any atom is -0.294 e. The van der Waals surface area contributed by atoms with Crippen LogP contribution < -0.4 is 0 Å². The highest BCUT2D eigenvalue weighted by Gasteiger charge is 2.49. The van der Waals surface area contributed by atoms with Gasteiger partial charge in [-0.3, -0.25) is 14.7 Å². The Labute approximate surface area is 201 Å². The SMILES string of the molecule is CC.CCCCC1=NC2(CCCC2)C(=O)N1Cc1ccc(-c2ccccc2-c2nn[nH]n2)cc1. The van der Waals surface area contributed by atoms with Crippen LogP contribution in [0.4, 0.5) is 0 Å². The zero-order chi connectivity index (χ0) is 24.0. The molecule has 178 valence electrons. The van der Waals surface area contributed by atoms with Gasteiger partial charge in [0.2, 0.25) is 5.82 Å². The maximum absolute atomic E-state index is 13.4. The average molecular weight is 459 g/mol. The molecule has 7 heteroatoms. The number of aromatic nitrogens is 4. The van der Waals surface area contributed by atoms with Gasteiger partial charge >= 0.3 is 0 Å². The molecule has 0 atom stereocenters. The summed E-state index contributed by atoms with van der Waals surface area (Å²) in [5.41, 5.74) is 3.69. The van der Waals surface area contributed by atoms with Crippen LogP contribution in [0.5, 0.6) is 0 Å². The van der Waals surface area contributed by atoms with Crippen molar-refractivity contribution < 1.29 is 4.79 Å². The second kappa shape index (κ2) is 10.7. The van der Waals surface area contributed by atoms with E-state index >= 15 is 0 Å². The van der Waals surface area contributed by atoms with Crippen LogP contribution in [0.15, 0.2) is 53.5 Å². The van der Waals surface area contributed by atoms with Crippen molar-refractivity contribution in [3.8, 4) is 22.5 Å². The van der Waals surface area contributed by atoms with Crippen molar-refractivity contribution in [2.75, 3.05) is 0 Å². The van der Waals surface area contributed by atoms with Crippen LogP contribution in [0.25, 0.3) is 22.5 Å². The number of tetrazole rings is 1. The summed E-state index contributed by atoms with van der Waals surface area (Å²) in [6, 6.07) is 16.4. The number of amidine groups is 1. The lowest BCUT2D eigenvalue weighted by Crippen LogP contribution is -2.40. The van der Waals surface area contributed by atoms with E-state index in [0.29, 0.717) is 12.4 Å². The summed E-state index contributed by atoms with van der Waals surface area (Å²) in [5.74, 6) is 1.75. The smallest absolute Gasteiger partial charge is 0.256 e. The van der Waals surface area contributed by atoms with E-state index in [1.807, 2.05) is 36.9 Å². The number of unbranched alkanes of at least 4 members (excludes halogenated alkanes) is 1. The Balaban J connectivity index is 0.00000133. The summed E-state index contributed by atoms with van der Waals surface area (Å²) in [5, 5.41) is 14.5. The number of benzene rings is 2. The molecule has 3 aromatic rings. The van der Waals surface area contributed by atoms with Gasteiger partial charge in [-0.2, -0.15) is 5.21 Å². The van der Waals surface area contributed by atoms with Gasteiger partial charge in [-0.25, -0.2) is 0 Å². The van der Waals surface area contributed by atoms with Crippen molar-refractivity contribution in [3.63, 3.8) is 0 Å². The Hall–Kier alpha value is -3.35. The highest BCUT2D eigenvalue weighted by atomic mass is 16.2. The number of carbonyl (C=O) groups excluding carboxylic acids is 1. The molecule has 0 saturated heterocycles. The Morgan fingerprint density at radius 3 is 2.35 bits per heavy atom. The van der Waals surface area contributed by atoms with Crippen LogP contribution in [0.2, 0.25) is 0 Å². The molecular formula is C27H34N6O. The molecule has 2 aliphatic rings. The number of hydrogen-bond donors (Lipinski definition) is 1. The molecule has 7 nitrogen and oxygen atoms in total. The molecule has 1 N–H and O–H groups in total. The molecule has 2 aromatic carbocycles. The predicted octanol–water partition coefficient (Wildman–Crippen LogP) is 5.80. The van der Waals surface area contributed by atoms with Gasteiger partial charge in [-0.15, -0.1) is 10.2 Å². The van der Waals surface area contributed by atoms with Crippen molar-refractivity contribution in [2.45, 2.75) is 77.8 Å². The van der Waals surface area contributed by atoms with Crippen molar-refractivity contribution in [3.05, 3.63) is 54.1 Å². The van der Waals surface area contributed by atoms with E-state index < -0.39 is 5.54 Å². The van der Waals surface area contributed by atoms with E-state index in [0.717, 1.165) is 73.0 Å². The van der Waals surface area contributed by atoms with E-state index in [1.54, 1.807) is 0 Å². The quantitative estimate of drug-likeness (QED) is 0.484. The molecule has 0 unspecified atom stereocenters. The third kappa shape index (κ3) is 4.65. The number of nitrogens with one attached hydrogen (secondary N) is 1. The monoisotopic (exact) mass is 458 g/mol. The molecule has 34 heavy (non-hydrogen) atoms. The van der Waals surface area contributed by atoms with Crippen molar-refractivity contribution >= 4 is 11.7 Å². The van der Waals surface area contributed by atoms with Gasteiger partial charge in [0.25, 0.3) is 5.91 Å². The lowest BCUT2D eigenvalue weighted by Gasteiger charge is -2.23. The van der Waals surface area contributed by atoms with Crippen LogP contribution in [0.1, 0.15) is 71.3 Å². The maximum atomic E-state index is 13.4. The number of hydrogen-bond acceptors (Lipinski definition) is 5. The van der Waals surface area contributed by atoms with Crippen LogP contribution >= 0.6 is 0 Å². The summed E-state index contributed by atoms with van der Waals surface area (Å²) in [4.78, 5) is 20.3. The fourth-order valence-electron chi connectivity index (χ4n) is 4.88. The second-order valence-corrected chi connectivity index (χ2v) is 8.74. The predicted molar refractivity (Wildman–Crippen MR) is 135 cm³/mol. The average Bonchev–Trinajstić information content (AvgIpc) is 3.64. The van der Waals surface area contributed by atoms with Crippen molar-refractivity contribution in [1.29, 1.82) is 0 Å². The third-order valence-corrected chi connectivity index (χ3v) is 6.60. The van der Waals surface area contributed by atoms with Gasteiger partial charge in [0.15, 0.2) is 0 Å². The van der Waals surface area contributed by atoms with Gasteiger partial charge in [0.1, 0.15) is 11.4 Å². The van der Waals surface area contributed by atoms with Gasteiger partial charge in [-0.1, -0.05) is 88.6 Å². The number of nitrogens with zero attached hydrogens (tertiary/aromatic N) is 5. The van der Waals surface area contributed by atoms with Gasteiger partial charge in [-0.05, 0) is 41.2 Å². The van der Waals surface area contributed by atoms with Crippen LogP contribution in [-0.2, 0) is 11.3 Å². The minimum atomic E-state index is -0.480. The summed E-state index contributed by atoms with van der Waals surface area (Å²) in [6.45, 7) is 6.76. The van der Waals surface area contributed by atoms with Gasteiger partial charge in [0.05, 0.1) is 6.54 Å². The number of amides is 1. The first-order valence-electron chi connectivity index (χ1n) is 12.5. The molecule has 1 spiro atoms. The van der Waals surface area contributed by atoms with Gasteiger partial charge in [0, 0.05) is 12.0 Å². The first-order valence-corrected chi connectivity index (χ1v) is 12.5. The maximum Gasteiger partial charge on any atom is 0.256 e. The molecule has 1 amide bonds. The standard InChI is InChI=1S/C25H28N6O.C2H6/c1-2-3-10-22-26-25(15-6-7-16-25)24(32)31(22)17-18-11-13-19(14-12-18)20-8-4-5-9-21(20)23-27-29-30-28-23;1-2/h4-5,8-9,11-14H,2-3,6-7,10,15-17H2,1H3,(H,27,28,29,30);1-2H3. The number of H-pyrrole nitrogens is 1. The largest absolute Gasteiger partial charge is 0.294 e. The molecule has 5 rings (SSSR count). The molecule has 0 bridgehead atoms. The van der Waals surface area contributed by atoms with Gasteiger partial charge < -0.3 is 0 Å². The molecule has 1 aliphatic carbocycles. The number of aromatic amines is 1. The number of aliphatic imine (C=N–C) groups is 1. The summed E-state index contributed by atoms with van der Waals surface area (Å²) in [7, 11) is 0. The molecule has 1 fully saturated rings. The zero-order valence-corrected chi connectivity index (χ0v) is 20.4. The molecule has 1 aliphatic heterocycles. The second-order valence-electron chi connectivity index (χ2n) is 8.74. The third-order valence-electron chi connectivity index (χ3n) is 6.60. The van der Waals surface area contributed by atoms with E-state index in [1.165, 1.54) is 0 Å². The Morgan fingerprint density at radius 1 is 1.00 bits per heavy atom. The van der Waals surface area contributed by atoms with Crippen LogP contribution in [-0.4, -0.2) is 42.8 Å². The van der Waals surface area contributed by atoms with E-state index in [2.05, 4.69) is 57.9 Å². The Kier molecular flexibility index (Phi) is 7.50. The van der Waals surface area contributed by atoms with Crippen molar-refractivity contribution in [2.24, 2.45) is 4.99 Å². The Bertz CT molecular complexity index is 1110. The van der Waals surface area contributed by atoms with Crippen LogP contribution in [0, 0.1) is 0 Å². The van der Waals surface area contributed by atoms with E-state index in [4.69, 9.17) is 4.99 Å². The molecular weight excluding hydrogens is 424 g/mol. The summed E-state index contributed by atoms with van der Waals surface area (Å²) >= 11 is 0. The Morgan fingerprint density at radius 2 is 1.71 bits per heavy atom. The highest BCUT2D eigenvalue weighted by Crippen LogP contribution is 2.40. The topological polar surface area (TPSA) is 87.1 Å². The van der Waals surface area contributed by atoms with Crippen molar-refractivity contribution in [1.82, 2.24) is 25.5 Å². The lowest BCUT2D eigenvalue weighted by molar-refractivity contribution is -0.131. The van der Waals surface area contributed by atoms with E-state index in [9.17, 15) is 4.79 Å². The zero-order valence-electron chi connectivity index (χ0n) is 20.4. The number of carbonyl (C=O) groups is 1. The first-order chi connectivity index (χ1) is 16.7. The minimum absolute atomic E-state index is 0.202. The lowest BCUT2D eigenvalue weighted by atomic mass is 9.97. The normalized spacial score (nSPS) is 16.5. The molecule has 0 radical (unpaired) electrons. The first kappa shape index (κ1) is 23.8. The fourth-order valence-corrected chi connectivity index (χ4v) is 4.88. The summed E-state index contributed by atoms with van der Waals surface area (Å²) < 4.78 is 0. The van der Waals surface area contributed by atoms with E-state index in [-0.39, 0.29) is 5.91 Å². The molecule has 2 heterocycles.